The maximum atomic E-state index is 12.5. The first-order valence-electron chi connectivity index (χ1n) is 5.95. The molecule has 2 rings (SSSR count). The normalized spacial score (nSPS) is 12.0. The van der Waals surface area contributed by atoms with Crippen LogP contribution in [-0.2, 0) is 9.84 Å². The molecule has 0 aliphatic heterocycles. The number of aromatic hydroxyl groups is 1. The zero-order valence-corrected chi connectivity index (χ0v) is 13.3. The number of allylic oxidation sites excluding steroid dienone is 1. The Morgan fingerprint density at radius 3 is 2.36 bits per heavy atom. The number of hydrogen-bond donors (Lipinski definition) is 1. The number of nitrogens with zero attached hydrogens (tertiary/aromatic N) is 1. The van der Waals surface area contributed by atoms with E-state index in [0.717, 1.165) is 0 Å². The van der Waals surface area contributed by atoms with E-state index in [0.29, 0.717) is 5.56 Å². The summed E-state index contributed by atoms with van der Waals surface area (Å²) in [6.07, 6.45) is 1.20. The molecule has 0 unspecified atom stereocenters. The van der Waals surface area contributed by atoms with Crippen molar-refractivity contribution in [3.8, 4) is 11.8 Å². The van der Waals surface area contributed by atoms with Gasteiger partial charge in [-0.1, -0.05) is 35.3 Å². The lowest BCUT2D eigenvalue weighted by molar-refractivity contribution is 0.475. The van der Waals surface area contributed by atoms with Crippen LogP contribution in [0.25, 0.3) is 6.08 Å². The first-order valence-corrected chi connectivity index (χ1v) is 8.19. The molecule has 0 atom stereocenters. The van der Waals surface area contributed by atoms with E-state index in [1.54, 1.807) is 6.07 Å². The smallest absolute Gasteiger partial charge is 0.218 e. The summed E-state index contributed by atoms with van der Waals surface area (Å²) >= 11 is 11.7. The van der Waals surface area contributed by atoms with Gasteiger partial charge >= 0.3 is 0 Å². The molecule has 0 aliphatic carbocycles. The van der Waals surface area contributed by atoms with Crippen LogP contribution in [0.15, 0.2) is 52.3 Å². The number of phenols is 1. The van der Waals surface area contributed by atoms with E-state index in [1.807, 2.05) is 0 Å². The molecule has 2 aromatic rings. The van der Waals surface area contributed by atoms with E-state index in [9.17, 15) is 18.8 Å². The third kappa shape index (κ3) is 3.42. The van der Waals surface area contributed by atoms with Crippen molar-refractivity contribution in [2.75, 3.05) is 0 Å². The van der Waals surface area contributed by atoms with Gasteiger partial charge in [0, 0.05) is 5.02 Å². The lowest BCUT2D eigenvalue weighted by Crippen LogP contribution is -2.04. The highest BCUT2D eigenvalue weighted by molar-refractivity contribution is 7.95. The molecule has 0 spiro atoms. The van der Waals surface area contributed by atoms with E-state index in [2.05, 4.69) is 0 Å². The molecule has 0 fully saturated rings. The average molecular weight is 354 g/mol. The molecule has 0 bridgehead atoms. The van der Waals surface area contributed by atoms with Crippen molar-refractivity contribution in [1.29, 1.82) is 5.26 Å². The van der Waals surface area contributed by atoms with Crippen LogP contribution in [0.2, 0.25) is 10.0 Å². The Kier molecular flexibility index (Phi) is 4.77. The Hall–Kier alpha value is -2.00. The van der Waals surface area contributed by atoms with E-state index in [-0.39, 0.29) is 20.7 Å². The maximum absolute atomic E-state index is 12.5. The van der Waals surface area contributed by atoms with Crippen LogP contribution in [-0.4, -0.2) is 13.5 Å². The van der Waals surface area contributed by atoms with Gasteiger partial charge in [-0.15, -0.1) is 0 Å². The summed E-state index contributed by atoms with van der Waals surface area (Å²) in [5.41, 5.74) is 0.455. The monoisotopic (exact) mass is 353 g/mol. The summed E-state index contributed by atoms with van der Waals surface area (Å²) in [6.45, 7) is 0. The Balaban J connectivity index is 2.57. The number of hydrogen-bond acceptors (Lipinski definition) is 4. The van der Waals surface area contributed by atoms with Gasteiger partial charge in [0.15, 0.2) is 0 Å². The Bertz CT molecular complexity index is 882. The first kappa shape index (κ1) is 16.4. The van der Waals surface area contributed by atoms with Crippen molar-refractivity contribution in [3.63, 3.8) is 0 Å². The highest BCUT2D eigenvalue weighted by Crippen LogP contribution is 2.30. The fraction of sp³-hybridized carbons (Fsp3) is 0. The van der Waals surface area contributed by atoms with Gasteiger partial charge in [-0.05, 0) is 42.0 Å². The van der Waals surface area contributed by atoms with Gasteiger partial charge in [-0.2, -0.15) is 5.26 Å². The SMILES string of the molecule is N#C/C(=C\c1ccc(O)cc1)S(=O)(=O)c1cc(Cl)ccc1Cl. The van der Waals surface area contributed by atoms with Crippen molar-refractivity contribution in [3.05, 3.63) is 63.0 Å². The number of benzene rings is 2. The van der Waals surface area contributed by atoms with Crippen molar-refractivity contribution < 1.29 is 13.5 Å². The van der Waals surface area contributed by atoms with Crippen LogP contribution in [0.3, 0.4) is 0 Å². The summed E-state index contributed by atoms with van der Waals surface area (Å²) in [5.74, 6) is 0.0383. The zero-order valence-electron chi connectivity index (χ0n) is 11.0. The number of nitriles is 1. The lowest BCUT2D eigenvalue weighted by Gasteiger charge is -2.06. The highest BCUT2D eigenvalue weighted by Gasteiger charge is 2.24. The summed E-state index contributed by atoms with van der Waals surface area (Å²) in [4.78, 5) is -0.699. The summed E-state index contributed by atoms with van der Waals surface area (Å²) < 4.78 is 25.0. The predicted molar refractivity (Wildman–Crippen MR) is 85.3 cm³/mol. The van der Waals surface area contributed by atoms with Crippen LogP contribution in [0, 0.1) is 11.3 Å². The summed E-state index contributed by atoms with van der Waals surface area (Å²) in [6, 6.07) is 11.4. The fourth-order valence-electron chi connectivity index (χ4n) is 1.69. The van der Waals surface area contributed by atoms with Crippen molar-refractivity contribution in [2.45, 2.75) is 4.90 Å². The van der Waals surface area contributed by atoms with E-state index in [1.165, 1.54) is 48.5 Å². The van der Waals surface area contributed by atoms with Crippen LogP contribution < -0.4 is 0 Å². The molecular formula is C15H9Cl2NO3S. The second kappa shape index (κ2) is 6.41. The highest BCUT2D eigenvalue weighted by atomic mass is 35.5. The number of sulfone groups is 1. The van der Waals surface area contributed by atoms with Gasteiger partial charge in [-0.3, -0.25) is 0 Å². The maximum Gasteiger partial charge on any atom is 0.218 e. The van der Waals surface area contributed by atoms with E-state index in [4.69, 9.17) is 23.2 Å². The number of rotatable bonds is 3. The standard InChI is InChI=1S/C15H9Cl2NO3S/c16-11-3-6-14(17)15(8-11)22(20,21)13(9-18)7-10-1-4-12(19)5-2-10/h1-8,19H/b13-7+. The molecule has 0 radical (unpaired) electrons. The topological polar surface area (TPSA) is 78.2 Å². The van der Waals surface area contributed by atoms with E-state index < -0.39 is 14.7 Å². The number of halogens is 2. The lowest BCUT2D eigenvalue weighted by atomic mass is 10.2. The molecule has 0 saturated heterocycles. The molecule has 112 valence electrons. The molecule has 7 heteroatoms. The minimum Gasteiger partial charge on any atom is -0.508 e. The molecule has 0 aromatic heterocycles. The van der Waals surface area contributed by atoms with Gasteiger partial charge in [-0.25, -0.2) is 8.42 Å². The minimum atomic E-state index is -4.09. The molecule has 0 heterocycles. The first-order chi connectivity index (χ1) is 10.3. The zero-order chi connectivity index (χ0) is 16.3. The fourth-order valence-corrected chi connectivity index (χ4v) is 3.61. The van der Waals surface area contributed by atoms with Gasteiger partial charge in [0.2, 0.25) is 9.84 Å². The Morgan fingerprint density at radius 1 is 1.14 bits per heavy atom. The Morgan fingerprint density at radius 2 is 1.77 bits per heavy atom. The molecule has 22 heavy (non-hydrogen) atoms. The molecule has 4 nitrogen and oxygen atoms in total. The van der Waals surface area contributed by atoms with Gasteiger partial charge < -0.3 is 5.11 Å². The third-order valence-corrected chi connectivity index (χ3v) is 5.16. The second-order valence-corrected chi connectivity index (χ2v) is 7.02. The molecule has 0 amide bonds. The van der Waals surface area contributed by atoms with E-state index >= 15 is 0 Å². The number of phenolic OH excluding ortho intramolecular Hbond substituents is 1. The molecular weight excluding hydrogens is 345 g/mol. The second-order valence-electron chi connectivity index (χ2n) is 4.29. The van der Waals surface area contributed by atoms with Crippen molar-refractivity contribution >= 4 is 39.1 Å². The summed E-state index contributed by atoms with van der Waals surface area (Å²) in [7, 11) is -4.09. The third-order valence-electron chi connectivity index (χ3n) is 2.77. The van der Waals surface area contributed by atoms with Crippen LogP contribution in [0.5, 0.6) is 5.75 Å². The molecule has 0 aliphatic rings. The predicted octanol–water partition coefficient (Wildman–Crippen LogP) is 4.04. The molecule has 0 saturated carbocycles. The molecule has 2 aromatic carbocycles. The van der Waals surface area contributed by atoms with Crippen molar-refractivity contribution in [2.24, 2.45) is 0 Å². The summed E-state index contributed by atoms with van der Waals surface area (Å²) in [5, 5.41) is 18.6. The van der Waals surface area contributed by atoms with Gasteiger partial charge in [0.05, 0.1) is 9.92 Å². The quantitative estimate of drug-likeness (QED) is 0.844. The average Bonchev–Trinajstić information content (AvgIpc) is 2.48. The van der Waals surface area contributed by atoms with Gasteiger partial charge in [0.1, 0.15) is 16.7 Å². The largest absolute Gasteiger partial charge is 0.508 e. The van der Waals surface area contributed by atoms with Gasteiger partial charge in [0.25, 0.3) is 0 Å². The molecule has 1 N–H and O–H groups in total. The van der Waals surface area contributed by atoms with Crippen molar-refractivity contribution in [1.82, 2.24) is 0 Å². The van der Waals surface area contributed by atoms with Crippen LogP contribution in [0.1, 0.15) is 5.56 Å². The Labute approximate surface area is 137 Å². The van der Waals surface area contributed by atoms with Crippen LogP contribution in [0.4, 0.5) is 0 Å². The van der Waals surface area contributed by atoms with Crippen LogP contribution >= 0.6 is 23.2 Å². The minimum absolute atomic E-state index is 0.0174.